The lowest BCUT2D eigenvalue weighted by atomic mass is 9.91. The van der Waals surface area contributed by atoms with Gasteiger partial charge in [0.2, 0.25) is 0 Å². The maximum Gasteiger partial charge on any atom is 0.261 e. The Morgan fingerprint density at radius 1 is 1.04 bits per heavy atom. The van der Waals surface area contributed by atoms with Crippen molar-refractivity contribution < 1.29 is 9.53 Å². The van der Waals surface area contributed by atoms with Crippen molar-refractivity contribution >= 4 is 17.2 Å². The number of carbonyl (C=O) groups is 1. The van der Waals surface area contributed by atoms with Gasteiger partial charge in [0.1, 0.15) is 5.75 Å². The molecule has 1 aliphatic carbocycles. The first-order valence-corrected chi connectivity index (χ1v) is 10.7. The fourth-order valence-corrected chi connectivity index (χ4v) is 4.90. The Morgan fingerprint density at radius 2 is 1.86 bits per heavy atom. The van der Waals surface area contributed by atoms with E-state index in [0.29, 0.717) is 0 Å². The third-order valence-corrected chi connectivity index (χ3v) is 6.49. The Hall–Kier alpha value is -2.59. The third-order valence-electron chi connectivity index (χ3n) is 5.28. The molecule has 4 heteroatoms. The van der Waals surface area contributed by atoms with E-state index < -0.39 is 0 Å². The van der Waals surface area contributed by atoms with Crippen molar-refractivity contribution in [3.63, 3.8) is 0 Å². The zero-order chi connectivity index (χ0) is 19.3. The van der Waals surface area contributed by atoms with E-state index in [1.54, 1.807) is 18.4 Å². The quantitative estimate of drug-likeness (QED) is 0.557. The molecule has 0 radical (unpaired) electrons. The molecule has 0 fully saturated rings. The summed E-state index contributed by atoms with van der Waals surface area (Å²) in [5.74, 6) is 0.910. The van der Waals surface area contributed by atoms with E-state index in [4.69, 9.17) is 4.74 Å². The molecule has 144 valence electrons. The van der Waals surface area contributed by atoms with Gasteiger partial charge in [-0.05, 0) is 72.6 Å². The van der Waals surface area contributed by atoms with Gasteiger partial charge >= 0.3 is 0 Å². The largest absolute Gasteiger partial charge is 0.497 e. The number of thiophene rings is 1. The van der Waals surface area contributed by atoms with Crippen LogP contribution >= 0.6 is 11.3 Å². The molecule has 0 unspecified atom stereocenters. The average molecular weight is 392 g/mol. The molecule has 2 aromatic carbocycles. The van der Waals surface area contributed by atoms with E-state index in [9.17, 15) is 4.79 Å². The molecule has 4 rings (SSSR count). The Kier molecular flexibility index (Phi) is 5.77. The highest BCUT2D eigenvalue weighted by molar-refractivity contribution is 7.17. The minimum atomic E-state index is 0.0450. The summed E-state index contributed by atoms with van der Waals surface area (Å²) in [6, 6.07) is 18.8. The van der Waals surface area contributed by atoms with E-state index in [1.807, 2.05) is 12.1 Å². The molecule has 0 spiro atoms. The SMILES string of the molecule is COc1ccc2c(c1)-c1sc(C(=O)NCCCCc3ccccc3)cc1CC2. The summed E-state index contributed by atoms with van der Waals surface area (Å²) in [6.45, 7) is 0.721. The number of hydrogen-bond donors (Lipinski definition) is 1. The van der Waals surface area contributed by atoms with Gasteiger partial charge in [-0.2, -0.15) is 0 Å². The second kappa shape index (κ2) is 8.61. The smallest absolute Gasteiger partial charge is 0.261 e. The van der Waals surface area contributed by atoms with E-state index in [1.165, 1.54) is 27.1 Å². The van der Waals surface area contributed by atoms with Crippen LogP contribution in [0.4, 0.5) is 0 Å². The molecule has 0 saturated carbocycles. The first-order chi connectivity index (χ1) is 13.7. The number of amides is 1. The molecule has 0 bridgehead atoms. The van der Waals surface area contributed by atoms with Gasteiger partial charge in [0, 0.05) is 11.4 Å². The van der Waals surface area contributed by atoms with Crippen molar-refractivity contribution in [1.82, 2.24) is 5.32 Å². The molecule has 1 aliphatic rings. The molecule has 1 heterocycles. The predicted molar refractivity (Wildman–Crippen MR) is 115 cm³/mol. The van der Waals surface area contributed by atoms with E-state index >= 15 is 0 Å². The number of rotatable bonds is 7. The molecule has 3 aromatic rings. The number of hydrogen-bond acceptors (Lipinski definition) is 3. The number of methoxy groups -OCH3 is 1. The maximum atomic E-state index is 12.6. The summed E-state index contributed by atoms with van der Waals surface area (Å²) in [5, 5.41) is 3.09. The number of fused-ring (bicyclic) bond motifs is 3. The predicted octanol–water partition coefficient (Wildman–Crippen LogP) is 5.28. The third kappa shape index (κ3) is 4.12. The van der Waals surface area contributed by atoms with Gasteiger partial charge in [0.15, 0.2) is 0 Å². The second-order valence-corrected chi connectivity index (χ2v) is 8.24. The fraction of sp³-hybridized carbons (Fsp3) is 0.292. The molecule has 28 heavy (non-hydrogen) atoms. The van der Waals surface area contributed by atoms with Crippen molar-refractivity contribution in [2.24, 2.45) is 0 Å². The first kappa shape index (κ1) is 18.8. The maximum absolute atomic E-state index is 12.6. The van der Waals surface area contributed by atoms with Gasteiger partial charge < -0.3 is 10.1 Å². The van der Waals surface area contributed by atoms with Crippen molar-refractivity contribution in [3.05, 3.63) is 76.2 Å². The number of ether oxygens (including phenoxy) is 1. The second-order valence-electron chi connectivity index (χ2n) is 7.19. The van der Waals surface area contributed by atoms with Crippen molar-refractivity contribution in [3.8, 4) is 16.2 Å². The van der Waals surface area contributed by atoms with E-state index in [0.717, 1.165) is 49.3 Å². The summed E-state index contributed by atoms with van der Waals surface area (Å²) in [6.07, 6.45) is 5.14. The molecule has 1 amide bonds. The Labute approximate surface area is 170 Å². The van der Waals surface area contributed by atoms with Gasteiger partial charge in [-0.3, -0.25) is 4.79 Å². The Balaban J connectivity index is 1.35. The van der Waals surface area contributed by atoms with Crippen LogP contribution in [0.5, 0.6) is 5.75 Å². The average Bonchev–Trinajstić information content (AvgIpc) is 3.19. The molecule has 0 saturated heterocycles. The van der Waals surface area contributed by atoms with Gasteiger partial charge in [-0.15, -0.1) is 11.3 Å². The van der Waals surface area contributed by atoms with Crippen LogP contribution in [-0.4, -0.2) is 19.6 Å². The minimum Gasteiger partial charge on any atom is -0.497 e. The molecule has 0 atom stereocenters. The van der Waals surface area contributed by atoms with Crippen LogP contribution in [-0.2, 0) is 19.3 Å². The molecule has 0 aliphatic heterocycles. The van der Waals surface area contributed by atoms with Crippen LogP contribution in [0, 0.1) is 0 Å². The number of carbonyl (C=O) groups excluding carboxylic acids is 1. The lowest BCUT2D eigenvalue weighted by Gasteiger charge is -2.16. The molecular formula is C24H25NO2S. The normalized spacial score (nSPS) is 12.2. The van der Waals surface area contributed by atoms with Crippen LogP contribution in [0.2, 0.25) is 0 Å². The standard InChI is InChI=1S/C24H25NO2S/c1-27-20-13-12-18-10-11-19-15-22(28-23(19)21(18)16-20)24(26)25-14-6-5-9-17-7-3-2-4-8-17/h2-4,7-8,12-13,15-16H,5-6,9-11,14H2,1H3,(H,25,26). The zero-order valence-electron chi connectivity index (χ0n) is 16.2. The Bertz CT molecular complexity index is 962. The number of nitrogens with one attached hydrogen (secondary N) is 1. The Morgan fingerprint density at radius 3 is 2.68 bits per heavy atom. The lowest BCUT2D eigenvalue weighted by Crippen LogP contribution is -2.23. The van der Waals surface area contributed by atoms with Crippen molar-refractivity contribution in [2.75, 3.05) is 13.7 Å². The van der Waals surface area contributed by atoms with E-state index in [-0.39, 0.29) is 5.91 Å². The molecule has 1 aromatic heterocycles. The van der Waals surface area contributed by atoms with Crippen LogP contribution in [0.25, 0.3) is 10.4 Å². The zero-order valence-corrected chi connectivity index (χ0v) is 17.0. The van der Waals surface area contributed by atoms with E-state index in [2.05, 4.69) is 47.8 Å². The van der Waals surface area contributed by atoms with Crippen LogP contribution in [0.1, 0.15) is 39.2 Å². The fourth-order valence-electron chi connectivity index (χ4n) is 3.72. The molecular weight excluding hydrogens is 366 g/mol. The molecule has 1 N–H and O–H groups in total. The van der Waals surface area contributed by atoms with Crippen LogP contribution in [0.15, 0.2) is 54.6 Å². The highest BCUT2D eigenvalue weighted by Gasteiger charge is 2.22. The topological polar surface area (TPSA) is 38.3 Å². The molecule has 3 nitrogen and oxygen atoms in total. The first-order valence-electron chi connectivity index (χ1n) is 9.87. The highest BCUT2D eigenvalue weighted by Crippen LogP contribution is 2.41. The van der Waals surface area contributed by atoms with Gasteiger partial charge in [0.05, 0.1) is 12.0 Å². The summed E-state index contributed by atoms with van der Waals surface area (Å²) in [5.41, 5.74) is 5.18. The summed E-state index contributed by atoms with van der Waals surface area (Å²) >= 11 is 1.60. The van der Waals surface area contributed by atoms with Crippen LogP contribution < -0.4 is 10.1 Å². The number of unbranched alkanes of at least 4 members (excludes halogenated alkanes) is 1. The lowest BCUT2D eigenvalue weighted by molar-refractivity contribution is 0.0957. The highest BCUT2D eigenvalue weighted by atomic mass is 32.1. The number of aryl methyl sites for hydroxylation is 3. The summed E-state index contributed by atoms with van der Waals surface area (Å²) in [7, 11) is 1.69. The minimum absolute atomic E-state index is 0.0450. The van der Waals surface area contributed by atoms with Crippen molar-refractivity contribution in [1.29, 1.82) is 0 Å². The summed E-state index contributed by atoms with van der Waals surface area (Å²) < 4.78 is 5.38. The number of benzene rings is 2. The monoisotopic (exact) mass is 391 g/mol. The van der Waals surface area contributed by atoms with Gasteiger partial charge in [-0.1, -0.05) is 36.4 Å². The van der Waals surface area contributed by atoms with Gasteiger partial charge in [0.25, 0.3) is 5.91 Å². The van der Waals surface area contributed by atoms with Crippen molar-refractivity contribution in [2.45, 2.75) is 32.1 Å². The van der Waals surface area contributed by atoms with Crippen LogP contribution in [0.3, 0.4) is 0 Å². The summed E-state index contributed by atoms with van der Waals surface area (Å²) in [4.78, 5) is 14.6. The van der Waals surface area contributed by atoms with Gasteiger partial charge in [-0.25, -0.2) is 0 Å².